The third-order valence-electron chi connectivity index (χ3n) is 4.16. The molecule has 0 N–H and O–H groups in total. The number of halogens is 2. The van der Waals surface area contributed by atoms with Crippen molar-refractivity contribution in [3.8, 4) is 0 Å². The summed E-state index contributed by atoms with van der Waals surface area (Å²) in [6, 6.07) is 3.58. The van der Waals surface area contributed by atoms with Crippen molar-refractivity contribution in [2.24, 2.45) is 0 Å². The number of rotatable bonds is 2. The summed E-state index contributed by atoms with van der Waals surface area (Å²) in [7, 11) is -3.64. The zero-order chi connectivity index (χ0) is 15.0. The van der Waals surface area contributed by atoms with E-state index in [1.165, 1.54) is 18.2 Å². The standard InChI is InChI=1S/C14H17BrFNO3S/c15-11-9-10(16)5-6-14(11)21(18,19)17-7-8-20-13-4-2-1-3-12(13)17/h5-6,9,12-13H,1-4,7-8H2. The minimum absolute atomic E-state index is 0.0125. The van der Waals surface area contributed by atoms with Gasteiger partial charge in [-0.15, -0.1) is 0 Å². The molecule has 7 heteroatoms. The molecule has 0 bridgehead atoms. The Balaban J connectivity index is 1.96. The number of hydrogen-bond donors (Lipinski definition) is 0. The number of benzene rings is 1. The van der Waals surface area contributed by atoms with Crippen LogP contribution in [-0.2, 0) is 14.8 Å². The number of ether oxygens (including phenoxy) is 1. The maximum absolute atomic E-state index is 13.2. The van der Waals surface area contributed by atoms with Gasteiger partial charge in [0.15, 0.2) is 0 Å². The van der Waals surface area contributed by atoms with Crippen LogP contribution in [0.3, 0.4) is 0 Å². The highest BCUT2D eigenvalue weighted by Gasteiger charge is 2.41. The first-order valence-electron chi connectivity index (χ1n) is 7.08. The number of hydrogen-bond acceptors (Lipinski definition) is 3. The first-order chi connectivity index (χ1) is 10.00. The van der Waals surface area contributed by atoms with Gasteiger partial charge in [0.25, 0.3) is 0 Å². The Hall–Kier alpha value is -0.500. The monoisotopic (exact) mass is 377 g/mol. The van der Waals surface area contributed by atoms with Crippen LogP contribution >= 0.6 is 15.9 Å². The fraction of sp³-hybridized carbons (Fsp3) is 0.571. The van der Waals surface area contributed by atoms with Gasteiger partial charge in [-0.05, 0) is 47.0 Å². The van der Waals surface area contributed by atoms with Gasteiger partial charge in [-0.25, -0.2) is 12.8 Å². The van der Waals surface area contributed by atoms with E-state index in [2.05, 4.69) is 15.9 Å². The summed E-state index contributed by atoms with van der Waals surface area (Å²) < 4.78 is 46.5. The van der Waals surface area contributed by atoms with Crippen molar-refractivity contribution >= 4 is 26.0 Å². The molecule has 116 valence electrons. The topological polar surface area (TPSA) is 46.6 Å². The molecule has 0 aromatic heterocycles. The van der Waals surface area contributed by atoms with Crippen LogP contribution in [0.15, 0.2) is 27.6 Å². The molecule has 0 amide bonds. The molecule has 1 heterocycles. The van der Waals surface area contributed by atoms with Crippen LogP contribution in [0, 0.1) is 5.82 Å². The van der Waals surface area contributed by atoms with Gasteiger partial charge in [0.2, 0.25) is 10.0 Å². The highest BCUT2D eigenvalue weighted by atomic mass is 79.9. The van der Waals surface area contributed by atoms with Gasteiger partial charge in [0.1, 0.15) is 5.82 Å². The molecule has 4 nitrogen and oxygen atoms in total. The third kappa shape index (κ3) is 2.88. The number of sulfonamides is 1. The first-order valence-corrected chi connectivity index (χ1v) is 9.32. The van der Waals surface area contributed by atoms with Gasteiger partial charge in [-0.2, -0.15) is 4.31 Å². The predicted molar refractivity (Wildman–Crippen MR) is 80.0 cm³/mol. The Morgan fingerprint density at radius 1 is 1.29 bits per heavy atom. The van der Waals surface area contributed by atoms with Crippen molar-refractivity contribution in [2.45, 2.75) is 42.7 Å². The van der Waals surface area contributed by atoms with E-state index in [0.717, 1.165) is 25.7 Å². The van der Waals surface area contributed by atoms with E-state index in [1.807, 2.05) is 0 Å². The molecule has 0 radical (unpaired) electrons. The van der Waals surface area contributed by atoms with Crippen molar-refractivity contribution in [2.75, 3.05) is 13.2 Å². The van der Waals surface area contributed by atoms with Gasteiger partial charge in [-0.3, -0.25) is 0 Å². The van der Waals surface area contributed by atoms with Gasteiger partial charge in [-0.1, -0.05) is 12.8 Å². The lowest BCUT2D eigenvalue weighted by molar-refractivity contribution is -0.0586. The summed E-state index contributed by atoms with van der Waals surface area (Å²) in [5.41, 5.74) is 0. The summed E-state index contributed by atoms with van der Waals surface area (Å²) in [6.07, 6.45) is 3.81. The third-order valence-corrected chi connectivity index (χ3v) is 7.06. The molecular weight excluding hydrogens is 361 g/mol. The van der Waals surface area contributed by atoms with Gasteiger partial charge >= 0.3 is 0 Å². The van der Waals surface area contributed by atoms with Crippen molar-refractivity contribution in [3.05, 3.63) is 28.5 Å². The SMILES string of the molecule is O=S(=O)(c1ccc(F)cc1Br)N1CCOC2CCCCC21. The Labute approximate surface area is 132 Å². The van der Waals surface area contributed by atoms with Crippen LogP contribution in [0.1, 0.15) is 25.7 Å². The highest BCUT2D eigenvalue weighted by Crippen LogP contribution is 2.34. The van der Waals surface area contributed by atoms with Crippen LogP contribution in [0.25, 0.3) is 0 Å². The van der Waals surface area contributed by atoms with Gasteiger partial charge in [0.05, 0.1) is 23.6 Å². The molecule has 2 unspecified atom stereocenters. The van der Waals surface area contributed by atoms with E-state index >= 15 is 0 Å². The lowest BCUT2D eigenvalue weighted by atomic mass is 9.91. The minimum Gasteiger partial charge on any atom is -0.375 e. The number of nitrogens with zero attached hydrogens (tertiary/aromatic N) is 1. The Kier molecular flexibility index (Phi) is 4.36. The van der Waals surface area contributed by atoms with E-state index in [1.54, 1.807) is 4.31 Å². The average Bonchev–Trinajstić information content (AvgIpc) is 2.46. The van der Waals surface area contributed by atoms with Crippen molar-refractivity contribution in [3.63, 3.8) is 0 Å². The van der Waals surface area contributed by atoms with Crippen LogP contribution < -0.4 is 0 Å². The van der Waals surface area contributed by atoms with Crippen LogP contribution in [0.4, 0.5) is 4.39 Å². The van der Waals surface area contributed by atoms with Crippen molar-refractivity contribution < 1.29 is 17.5 Å². The molecule has 1 saturated carbocycles. The molecular formula is C14H17BrFNO3S. The Bertz CT molecular complexity index is 635. The largest absolute Gasteiger partial charge is 0.375 e. The second-order valence-electron chi connectivity index (χ2n) is 5.45. The molecule has 2 fully saturated rings. The maximum Gasteiger partial charge on any atom is 0.244 e. The average molecular weight is 378 g/mol. The maximum atomic E-state index is 13.2. The molecule has 1 aromatic rings. The quantitative estimate of drug-likeness (QED) is 0.795. The zero-order valence-corrected chi connectivity index (χ0v) is 13.9. The van der Waals surface area contributed by atoms with E-state index in [-0.39, 0.29) is 21.5 Å². The van der Waals surface area contributed by atoms with Gasteiger partial charge < -0.3 is 4.74 Å². The normalized spacial score (nSPS) is 27.3. The molecule has 3 rings (SSSR count). The van der Waals surface area contributed by atoms with E-state index < -0.39 is 15.8 Å². The highest BCUT2D eigenvalue weighted by molar-refractivity contribution is 9.10. The smallest absolute Gasteiger partial charge is 0.244 e. The van der Waals surface area contributed by atoms with E-state index in [9.17, 15) is 12.8 Å². The summed E-state index contributed by atoms with van der Waals surface area (Å²) >= 11 is 3.16. The minimum atomic E-state index is -3.64. The summed E-state index contributed by atoms with van der Waals surface area (Å²) in [6.45, 7) is 0.770. The fourth-order valence-corrected chi connectivity index (χ4v) is 5.85. The summed E-state index contributed by atoms with van der Waals surface area (Å²) in [4.78, 5) is 0.120. The van der Waals surface area contributed by atoms with Gasteiger partial charge in [0, 0.05) is 11.0 Å². The molecule has 1 aliphatic heterocycles. The first kappa shape index (κ1) is 15.4. The predicted octanol–water partition coefficient (Wildman–Crippen LogP) is 2.92. The van der Waals surface area contributed by atoms with E-state index in [0.29, 0.717) is 13.2 Å². The summed E-state index contributed by atoms with van der Waals surface area (Å²) in [5.74, 6) is -0.460. The molecule has 2 atom stereocenters. The number of morpholine rings is 1. The van der Waals surface area contributed by atoms with Crippen LogP contribution in [0.2, 0.25) is 0 Å². The molecule has 1 aromatic carbocycles. The Morgan fingerprint density at radius 3 is 2.81 bits per heavy atom. The van der Waals surface area contributed by atoms with Crippen molar-refractivity contribution in [1.29, 1.82) is 0 Å². The Morgan fingerprint density at radius 2 is 2.05 bits per heavy atom. The molecule has 2 aliphatic rings. The van der Waals surface area contributed by atoms with Crippen LogP contribution in [-0.4, -0.2) is 38.0 Å². The van der Waals surface area contributed by atoms with Crippen molar-refractivity contribution in [1.82, 2.24) is 4.31 Å². The fourth-order valence-electron chi connectivity index (χ4n) is 3.17. The molecule has 21 heavy (non-hydrogen) atoms. The second-order valence-corrected chi connectivity index (χ2v) is 8.16. The lowest BCUT2D eigenvalue weighted by Crippen LogP contribution is -2.54. The second kappa shape index (κ2) is 5.95. The summed E-state index contributed by atoms with van der Waals surface area (Å²) in [5, 5.41) is 0. The molecule has 0 spiro atoms. The molecule has 1 saturated heterocycles. The molecule has 1 aliphatic carbocycles. The van der Waals surface area contributed by atoms with Crippen LogP contribution in [0.5, 0.6) is 0 Å². The number of fused-ring (bicyclic) bond motifs is 1. The lowest BCUT2D eigenvalue weighted by Gasteiger charge is -2.42. The zero-order valence-electron chi connectivity index (χ0n) is 11.5. The van der Waals surface area contributed by atoms with E-state index in [4.69, 9.17) is 4.74 Å².